The van der Waals surface area contributed by atoms with Crippen molar-refractivity contribution in [2.75, 3.05) is 25.4 Å². The molecule has 1 aliphatic rings. The quantitative estimate of drug-likeness (QED) is 0.848. The second-order valence-corrected chi connectivity index (χ2v) is 6.80. The summed E-state index contributed by atoms with van der Waals surface area (Å²) < 4.78 is 45.3. The van der Waals surface area contributed by atoms with Crippen LogP contribution in [-0.2, 0) is 11.0 Å². The highest BCUT2D eigenvalue weighted by molar-refractivity contribution is 5.78. The summed E-state index contributed by atoms with van der Waals surface area (Å²) in [6.45, 7) is 1.03. The number of carbonyl (C=O) groups is 1. The predicted octanol–water partition coefficient (Wildman–Crippen LogP) is 4.13. The summed E-state index contributed by atoms with van der Waals surface area (Å²) in [4.78, 5) is 18.0. The van der Waals surface area contributed by atoms with Crippen molar-refractivity contribution in [2.45, 2.75) is 31.9 Å². The van der Waals surface area contributed by atoms with Gasteiger partial charge < -0.3 is 15.4 Å². The minimum atomic E-state index is -4.54. The molecular weight excluding hydrogens is 371 g/mol. The van der Waals surface area contributed by atoms with Gasteiger partial charge in [0.25, 0.3) is 5.91 Å². The fraction of sp³-hybridized carbons (Fsp3) is 0.400. The van der Waals surface area contributed by atoms with Gasteiger partial charge in [-0.05, 0) is 48.7 Å². The molecule has 0 aliphatic carbocycles. The summed E-state index contributed by atoms with van der Waals surface area (Å²) in [6.07, 6.45) is 0.892. The van der Waals surface area contributed by atoms with Gasteiger partial charge in [0, 0.05) is 24.8 Å². The van der Waals surface area contributed by atoms with Crippen LogP contribution in [0.2, 0.25) is 0 Å². The zero-order chi connectivity index (χ0) is 20.1. The summed E-state index contributed by atoms with van der Waals surface area (Å²) in [6, 6.07) is 6.50. The zero-order valence-electron chi connectivity index (χ0n) is 15.3. The molecule has 1 fully saturated rings. The molecule has 28 heavy (non-hydrogen) atoms. The number of anilines is 1. The van der Waals surface area contributed by atoms with E-state index in [0.29, 0.717) is 24.2 Å². The molecule has 150 valence electrons. The molecule has 3 rings (SSSR count). The van der Waals surface area contributed by atoms with Crippen molar-refractivity contribution in [1.82, 2.24) is 9.88 Å². The van der Waals surface area contributed by atoms with Gasteiger partial charge in [0.1, 0.15) is 11.6 Å². The fourth-order valence-electron chi connectivity index (χ4n) is 3.15. The maximum atomic E-state index is 13.3. The number of nitrogen functional groups attached to an aromatic ring is 1. The van der Waals surface area contributed by atoms with Crippen LogP contribution >= 0.6 is 0 Å². The number of rotatable bonds is 4. The van der Waals surface area contributed by atoms with Gasteiger partial charge >= 0.3 is 6.18 Å². The van der Waals surface area contributed by atoms with Crippen LogP contribution < -0.4 is 10.5 Å². The average molecular weight is 393 g/mol. The summed E-state index contributed by atoms with van der Waals surface area (Å²) in [7, 11) is 0. The second-order valence-electron chi connectivity index (χ2n) is 6.80. The molecule has 0 unspecified atom stereocenters. The molecule has 1 saturated heterocycles. The maximum absolute atomic E-state index is 13.3. The maximum Gasteiger partial charge on any atom is 0.416 e. The number of pyridine rings is 1. The molecule has 2 N–H and O–H groups in total. The Morgan fingerprint density at radius 1 is 1.07 bits per heavy atom. The van der Waals surface area contributed by atoms with Crippen LogP contribution in [0.3, 0.4) is 0 Å². The molecular formula is C20H22F3N3O2. The van der Waals surface area contributed by atoms with Crippen LogP contribution in [0.25, 0.3) is 11.1 Å². The summed E-state index contributed by atoms with van der Waals surface area (Å²) in [5.41, 5.74) is 5.46. The van der Waals surface area contributed by atoms with Gasteiger partial charge in [-0.3, -0.25) is 4.79 Å². The van der Waals surface area contributed by atoms with Crippen molar-refractivity contribution in [3.63, 3.8) is 0 Å². The van der Waals surface area contributed by atoms with Gasteiger partial charge in [-0.15, -0.1) is 0 Å². The molecule has 1 aromatic carbocycles. The van der Waals surface area contributed by atoms with Crippen LogP contribution in [0.1, 0.15) is 31.2 Å². The van der Waals surface area contributed by atoms with Crippen LogP contribution in [0, 0.1) is 0 Å². The lowest BCUT2D eigenvalue weighted by atomic mass is 10.0. The van der Waals surface area contributed by atoms with E-state index in [1.165, 1.54) is 18.3 Å². The molecule has 8 heteroatoms. The number of aromatic nitrogens is 1. The number of likely N-dealkylation sites (tertiary alicyclic amines) is 1. The molecule has 0 spiro atoms. The third kappa shape index (κ3) is 5.15. The largest absolute Gasteiger partial charge is 0.484 e. The van der Waals surface area contributed by atoms with Gasteiger partial charge in [-0.25, -0.2) is 4.98 Å². The first-order valence-corrected chi connectivity index (χ1v) is 9.18. The first-order chi connectivity index (χ1) is 13.3. The highest BCUT2D eigenvalue weighted by atomic mass is 19.4. The molecule has 1 amide bonds. The number of nitrogens with zero attached hydrogens (tertiary/aromatic N) is 2. The Balaban J connectivity index is 1.80. The van der Waals surface area contributed by atoms with Gasteiger partial charge in [0.05, 0.1) is 5.56 Å². The van der Waals surface area contributed by atoms with Crippen molar-refractivity contribution in [3.05, 3.63) is 42.1 Å². The predicted molar refractivity (Wildman–Crippen MR) is 99.6 cm³/mol. The SMILES string of the molecule is Nc1ccc(-c2cc(OCC(=O)N3CCCCCC3)cc(C(F)(F)F)c2)cn1. The minimum Gasteiger partial charge on any atom is -0.484 e. The van der Waals surface area contributed by atoms with Crippen LogP contribution in [-0.4, -0.2) is 35.5 Å². The highest BCUT2D eigenvalue weighted by Gasteiger charge is 2.31. The Morgan fingerprint density at radius 3 is 2.39 bits per heavy atom. The number of hydrogen-bond acceptors (Lipinski definition) is 4. The van der Waals surface area contributed by atoms with Crippen molar-refractivity contribution < 1.29 is 22.7 Å². The first-order valence-electron chi connectivity index (χ1n) is 9.18. The summed E-state index contributed by atoms with van der Waals surface area (Å²) in [5.74, 6) is 0.0510. The van der Waals surface area contributed by atoms with Gasteiger partial charge in [0.2, 0.25) is 0 Å². The molecule has 2 aromatic rings. The van der Waals surface area contributed by atoms with Gasteiger partial charge in [-0.1, -0.05) is 12.8 Å². The molecule has 1 aromatic heterocycles. The zero-order valence-corrected chi connectivity index (χ0v) is 15.3. The lowest BCUT2D eigenvalue weighted by Crippen LogP contribution is -2.35. The van der Waals surface area contributed by atoms with Crippen LogP contribution in [0.5, 0.6) is 5.75 Å². The Labute approximate surface area is 161 Å². The lowest BCUT2D eigenvalue weighted by molar-refractivity contribution is -0.137. The van der Waals surface area contributed by atoms with Gasteiger partial charge in [-0.2, -0.15) is 13.2 Å². The van der Waals surface area contributed by atoms with Crippen molar-refractivity contribution in [1.29, 1.82) is 0 Å². The normalized spacial score (nSPS) is 15.2. The second kappa shape index (κ2) is 8.50. The standard InChI is InChI=1S/C20H22F3N3O2/c21-20(22,23)16-9-15(14-5-6-18(24)25-12-14)10-17(11-16)28-13-19(27)26-7-3-1-2-4-8-26/h5-6,9-12H,1-4,7-8,13H2,(H2,24,25). The lowest BCUT2D eigenvalue weighted by Gasteiger charge is -2.20. The summed E-state index contributed by atoms with van der Waals surface area (Å²) in [5, 5.41) is 0. The number of nitrogens with two attached hydrogens (primary N) is 1. The van der Waals surface area contributed by atoms with Crippen LogP contribution in [0.4, 0.5) is 19.0 Å². The Bertz CT molecular complexity index is 814. The molecule has 2 heterocycles. The van der Waals surface area contributed by atoms with Crippen molar-refractivity contribution in [2.24, 2.45) is 0 Å². The van der Waals surface area contributed by atoms with E-state index in [-0.39, 0.29) is 24.1 Å². The molecule has 0 bridgehead atoms. The van der Waals surface area contributed by atoms with Crippen molar-refractivity contribution >= 4 is 11.7 Å². The number of amides is 1. The van der Waals surface area contributed by atoms with E-state index in [0.717, 1.165) is 37.8 Å². The van der Waals surface area contributed by atoms with E-state index in [1.54, 1.807) is 11.0 Å². The number of halogens is 3. The van der Waals surface area contributed by atoms with Gasteiger partial charge in [0.15, 0.2) is 6.61 Å². The Hall–Kier alpha value is -2.77. The molecule has 0 atom stereocenters. The van der Waals surface area contributed by atoms with E-state index in [9.17, 15) is 18.0 Å². The number of alkyl halides is 3. The number of carbonyl (C=O) groups excluding carboxylic acids is 1. The third-order valence-corrected chi connectivity index (χ3v) is 4.67. The first kappa shape index (κ1) is 20.0. The van der Waals surface area contributed by atoms with E-state index in [1.807, 2.05) is 0 Å². The van der Waals surface area contributed by atoms with E-state index < -0.39 is 11.7 Å². The minimum absolute atomic E-state index is 0.00942. The van der Waals surface area contributed by atoms with E-state index >= 15 is 0 Å². The highest BCUT2D eigenvalue weighted by Crippen LogP contribution is 2.35. The fourth-order valence-corrected chi connectivity index (χ4v) is 3.15. The smallest absolute Gasteiger partial charge is 0.416 e. The topological polar surface area (TPSA) is 68.5 Å². The third-order valence-electron chi connectivity index (χ3n) is 4.67. The number of hydrogen-bond donors (Lipinski definition) is 1. The molecule has 0 saturated carbocycles. The van der Waals surface area contributed by atoms with E-state index in [4.69, 9.17) is 10.5 Å². The van der Waals surface area contributed by atoms with Crippen LogP contribution in [0.15, 0.2) is 36.5 Å². The Kier molecular flexibility index (Phi) is 6.06. The summed E-state index contributed by atoms with van der Waals surface area (Å²) >= 11 is 0. The number of benzene rings is 1. The molecule has 1 aliphatic heterocycles. The molecule has 5 nitrogen and oxygen atoms in total. The molecule has 0 radical (unpaired) electrons. The average Bonchev–Trinajstić information content (AvgIpc) is 2.95. The van der Waals surface area contributed by atoms with Crippen molar-refractivity contribution in [3.8, 4) is 16.9 Å². The Morgan fingerprint density at radius 2 is 1.79 bits per heavy atom. The number of ether oxygens (including phenoxy) is 1. The monoisotopic (exact) mass is 393 g/mol. The van der Waals surface area contributed by atoms with E-state index in [2.05, 4.69) is 4.98 Å².